The third-order valence-electron chi connectivity index (χ3n) is 9.25. The average Bonchev–Trinajstić information content (AvgIpc) is 3.42. The fraction of sp³-hybridized carbons (Fsp3) is 0.100. The predicted molar refractivity (Wildman–Crippen MR) is 170 cm³/mol. The predicted octanol–water partition coefficient (Wildman–Crippen LogP) is 10.3. The minimum Gasteiger partial charge on any atom is -0.455 e. The first kappa shape index (κ1) is 24.0. The van der Waals surface area contributed by atoms with Crippen molar-refractivity contribution >= 4 is 21.9 Å². The molecule has 1 aliphatic rings. The molecule has 8 rings (SSSR count). The average molecular weight is 527 g/mol. The van der Waals surface area contributed by atoms with Crippen molar-refractivity contribution in [1.82, 2.24) is 0 Å². The van der Waals surface area contributed by atoms with E-state index in [-0.39, 0.29) is 5.41 Å². The normalized spacial score (nSPS) is 15.0. The van der Waals surface area contributed by atoms with E-state index in [1.54, 1.807) is 0 Å². The van der Waals surface area contributed by atoms with Crippen LogP contribution in [0, 0.1) is 0 Å². The summed E-state index contributed by atoms with van der Waals surface area (Å²) in [6.45, 7) is 4.72. The molecule has 0 bridgehead atoms. The van der Waals surface area contributed by atoms with Crippen molar-refractivity contribution < 1.29 is 4.42 Å². The van der Waals surface area contributed by atoms with Gasteiger partial charge in [-0.25, -0.2) is 0 Å². The summed E-state index contributed by atoms with van der Waals surface area (Å²) in [5, 5.41) is 2.31. The summed E-state index contributed by atoms with van der Waals surface area (Å²) >= 11 is 0. The highest BCUT2D eigenvalue weighted by Gasteiger charge is 2.48. The maximum Gasteiger partial charge on any atom is 0.143 e. The summed E-state index contributed by atoms with van der Waals surface area (Å²) in [6.07, 6.45) is 0. The third-order valence-corrected chi connectivity index (χ3v) is 9.25. The summed E-state index contributed by atoms with van der Waals surface area (Å²) < 4.78 is 6.39. The number of hydrogen-bond acceptors (Lipinski definition) is 1. The van der Waals surface area contributed by atoms with Crippen LogP contribution in [0.3, 0.4) is 0 Å². The lowest BCUT2D eigenvalue weighted by molar-refractivity contribution is 0.558. The molecule has 0 radical (unpaired) electrons. The van der Waals surface area contributed by atoms with Gasteiger partial charge >= 0.3 is 0 Å². The Morgan fingerprint density at radius 3 is 1.66 bits per heavy atom. The Bertz CT molecular complexity index is 2010. The van der Waals surface area contributed by atoms with Gasteiger partial charge in [-0.3, -0.25) is 0 Å². The summed E-state index contributed by atoms with van der Waals surface area (Å²) in [5.74, 6) is 0. The molecule has 41 heavy (non-hydrogen) atoms. The van der Waals surface area contributed by atoms with Crippen LogP contribution in [-0.4, -0.2) is 0 Å². The van der Waals surface area contributed by atoms with E-state index in [9.17, 15) is 0 Å². The van der Waals surface area contributed by atoms with E-state index in [2.05, 4.69) is 147 Å². The lowest BCUT2D eigenvalue weighted by atomic mass is 9.54. The second kappa shape index (κ2) is 8.81. The van der Waals surface area contributed by atoms with Crippen molar-refractivity contribution in [2.45, 2.75) is 24.7 Å². The molecule has 196 valence electrons. The van der Waals surface area contributed by atoms with Crippen LogP contribution in [0.2, 0.25) is 0 Å². The van der Waals surface area contributed by atoms with Gasteiger partial charge in [0, 0.05) is 21.8 Å². The van der Waals surface area contributed by atoms with E-state index in [0.29, 0.717) is 0 Å². The first-order valence-electron chi connectivity index (χ1n) is 14.4. The van der Waals surface area contributed by atoms with Crippen LogP contribution in [0.25, 0.3) is 33.1 Å². The Hall–Kier alpha value is -4.88. The van der Waals surface area contributed by atoms with Crippen LogP contribution >= 0.6 is 0 Å². The molecular weight excluding hydrogens is 496 g/mol. The summed E-state index contributed by atoms with van der Waals surface area (Å²) in [5.41, 5.74) is 11.6. The fourth-order valence-electron chi connectivity index (χ4n) is 7.35. The number of hydrogen-bond donors (Lipinski definition) is 0. The zero-order valence-corrected chi connectivity index (χ0v) is 23.3. The zero-order valence-electron chi connectivity index (χ0n) is 23.3. The van der Waals surface area contributed by atoms with Crippen LogP contribution in [0.5, 0.6) is 0 Å². The smallest absolute Gasteiger partial charge is 0.143 e. The van der Waals surface area contributed by atoms with Crippen molar-refractivity contribution in [2.75, 3.05) is 0 Å². The lowest BCUT2D eigenvalue weighted by Gasteiger charge is -2.48. The molecule has 0 fully saturated rings. The molecule has 0 saturated heterocycles. The number of rotatable bonds is 3. The van der Waals surface area contributed by atoms with E-state index in [4.69, 9.17) is 4.42 Å². The Kier molecular flexibility index (Phi) is 5.15. The minimum absolute atomic E-state index is 0.109. The van der Waals surface area contributed by atoms with Crippen molar-refractivity contribution in [3.63, 3.8) is 0 Å². The number of fused-ring (bicyclic) bond motifs is 5. The molecule has 7 aromatic rings. The van der Waals surface area contributed by atoms with Gasteiger partial charge in [0.2, 0.25) is 0 Å². The van der Waals surface area contributed by atoms with Crippen molar-refractivity contribution in [1.29, 1.82) is 0 Å². The molecule has 6 aromatic carbocycles. The minimum atomic E-state index is -0.437. The topological polar surface area (TPSA) is 13.1 Å². The number of para-hydroxylation sites is 2. The molecule has 0 unspecified atom stereocenters. The Labute approximate surface area is 240 Å². The Morgan fingerprint density at radius 2 is 0.976 bits per heavy atom. The third kappa shape index (κ3) is 3.30. The first-order valence-corrected chi connectivity index (χ1v) is 14.4. The van der Waals surface area contributed by atoms with Gasteiger partial charge in [-0.05, 0) is 45.0 Å². The lowest BCUT2D eigenvalue weighted by Crippen LogP contribution is -2.41. The quantitative estimate of drug-likeness (QED) is 0.223. The van der Waals surface area contributed by atoms with E-state index in [0.717, 1.165) is 33.1 Å². The van der Waals surface area contributed by atoms with Gasteiger partial charge in [0.1, 0.15) is 11.2 Å². The molecule has 1 nitrogen and oxygen atoms in total. The van der Waals surface area contributed by atoms with Crippen LogP contribution in [0.4, 0.5) is 0 Å². The second-order valence-electron chi connectivity index (χ2n) is 11.7. The van der Waals surface area contributed by atoms with Crippen LogP contribution < -0.4 is 0 Å². The molecule has 0 aliphatic heterocycles. The molecule has 0 N–H and O–H groups in total. The van der Waals surface area contributed by atoms with Crippen LogP contribution in [0.15, 0.2) is 150 Å². The molecule has 1 heteroatoms. The maximum atomic E-state index is 6.39. The monoisotopic (exact) mass is 526 g/mol. The van der Waals surface area contributed by atoms with E-state index < -0.39 is 5.41 Å². The summed E-state index contributed by atoms with van der Waals surface area (Å²) in [4.78, 5) is 0. The second-order valence-corrected chi connectivity index (χ2v) is 11.7. The number of furan rings is 1. The molecule has 1 heterocycles. The molecular formula is C40H30O. The maximum absolute atomic E-state index is 6.39. The SMILES string of the molecule is CC1(C)c2ccccc2C(c2ccccc2)(c2ccc(-c3cccc4c3oc3ccccc34)cc2)c2ccccc21. The zero-order chi connectivity index (χ0) is 27.6. The number of benzene rings is 6. The highest BCUT2D eigenvalue weighted by molar-refractivity contribution is 6.09. The van der Waals surface area contributed by atoms with Gasteiger partial charge in [0.05, 0.1) is 5.41 Å². The van der Waals surface area contributed by atoms with Crippen LogP contribution in [-0.2, 0) is 10.8 Å². The Morgan fingerprint density at radius 1 is 0.439 bits per heavy atom. The van der Waals surface area contributed by atoms with E-state index in [1.165, 1.54) is 33.4 Å². The van der Waals surface area contributed by atoms with Crippen molar-refractivity contribution in [2.24, 2.45) is 0 Å². The standard InChI is InChI=1S/C40H30O/c1-39(2)33-18-7-9-20-35(33)40(28-13-4-3-5-14-28,36-21-10-8-19-34(36)39)29-25-23-27(24-26-29)30-16-12-17-32-31-15-6-11-22-37(31)41-38(30)32/h3-26H,1-2H3. The van der Waals surface area contributed by atoms with Gasteiger partial charge in [0.25, 0.3) is 0 Å². The molecule has 0 amide bonds. The van der Waals surface area contributed by atoms with Crippen molar-refractivity contribution in [3.8, 4) is 11.1 Å². The van der Waals surface area contributed by atoms with Gasteiger partial charge in [0.15, 0.2) is 0 Å². The molecule has 1 aromatic heterocycles. The van der Waals surface area contributed by atoms with Gasteiger partial charge in [-0.1, -0.05) is 153 Å². The van der Waals surface area contributed by atoms with E-state index in [1.807, 2.05) is 12.1 Å². The van der Waals surface area contributed by atoms with Gasteiger partial charge in [-0.2, -0.15) is 0 Å². The summed E-state index contributed by atoms with van der Waals surface area (Å²) in [7, 11) is 0. The Balaban J connectivity index is 1.40. The first-order chi connectivity index (χ1) is 20.1. The molecule has 0 saturated carbocycles. The summed E-state index contributed by atoms with van der Waals surface area (Å²) in [6, 6.07) is 53.0. The highest BCUT2D eigenvalue weighted by atomic mass is 16.3. The van der Waals surface area contributed by atoms with E-state index >= 15 is 0 Å². The molecule has 0 atom stereocenters. The molecule has 0 spiro atoms. The van der Waals surface area contributed by atoms with Crippen LogP contribution in [0.1, 0.15) is 47.2 Å². The molecule has 1 aliphatic carbocycles. The highest BCUT2D eigenvalue weighted by Crippen LogP contribution is 2.55. The van der Waals surface area contributed by atoms with Gasteiger partial charge < -0.3 is 4.42 Å². The largest absolute Gasteiger partial charge is 0.455 e. The fourth-order valence-corrected chi connectivity index (χ4v) is 7.35. The van der Waals surface area contributed by atoms with Crippen molar-refractivity contribution in [3.05, 3.63) is 179 Å². The van der Waals surface area contributed by atoms with Gasteiger partial charge in [-0.15, -0.1) is 0 Å².